The predicted octanol–water partition coefficient (Wildman–Crippen LogP) is 0.734. The van der Waals surface area contributed by atoms with Crippen LogP contribution in [-0.4, -0.2) is 31.6 Å². The van der Waals surface area contributed by atoms with E-state index in [0.29, 0.717) is 25.0 Å². The van der Waals surface area contributed by atoms with Crippen molar-refractivity contribution in [1.29, 1.82) is 0 Å². The highest BCUT2D eigenvalue weighted by atomic mass is 16.5. The summed E-state index contributed by atoms with van der Waals surface area (Å²) in [6.07, 6.45) is 4.55. The van der Waals surface area contributed by atoms with Crippen LogP contribution in [0.25, 0.3) is 0 Å². The van der Waals surface area contributed by atoms with Crippen molar-refractivity contribution in [3.05, 3.63) is 0 Å². The van der Waals surface area contributed by atoms with Gasteiger partial charge in [0.2, 0.25) is 0 Å². The molecule has 74 valence electrons. The van der Waals surface area contributed by atoms with Crippen molar-refractivity contribution in [2.24, 2.45) is 5.92 Å². The first kappa shape index (κ1) is 9.16. The van der Waals surface area contributed by atoms with Crippen molar-refractivity contribution in [2.75, 3.05) is 19.8 Å². The molecule has 1 aliphatic carbocycles. The molecule has 2 rings (SSSR count). The Hall–Kier alpha value is -0.410. The highest BCUT2D eigenvalue weighted by molar-refractivity contribution is 5.83. The Kier molecular flexibility index (Phi) is 2.96. The summed E-state index contributed by atoms with van der Waals surface area (Å²) in [5.74, 6) is 0.506. The highest BCUT2D eigenvalue weighted by Crippen LogP contribution is 2.19. The summed E-state index contributed by atoms with van der Waals surface area (Å²) in [7, 11) is 0. The van der Waals surface area contributed by atoms with Crippen LogP contribution in [0.15, 0.2) is 0 Å². The molecule has 0 amide bonds. The van der Waals surface area contributed by atoms with E-state index in [1.54, 1.807) is 0 Å². The summed E-state index contributed by atoms with van der Waals surface area (Å²) >= 11 is 0. The normalized spacial score (nSPS) is 28.8. The largest absolute Gasteiger partial charge is 0.381 e. The molecule has 1 saturated carbocycles. The fraction of sp³-hybridized carbons (Fsp3) is 0.900. The van der Waals surface area contributed by atoms with Crippen LogP contribution in [0.5, 0.6) is 0 Å². The summed E-state index contributed by atoms with van der Waals surface area (Å²) in [5, 5.41) is 3.25. The van der Waals surface area contributed by atoms with Gasteiger partial charge >= 0.3 is 0 Å². The zero-order valence-corrected chi connectivity index (χ0v) is 7.92. The van der Waals surface area contributed by atoms with Gasteiger partial charge in [0.1, 0.15) is 0 Å². The first-order valence-corrected chi connectivity index (χ1v) is 5.20. The third kappa shape index (κ3) is 2.78. The van der Waals surface area contributed by atoms with Crippen LogP contribution < -0.4 is 5.32 Å². The van der Waals surface area contributed by atoms with Crippen LogP contribution >= 0.6 is 0 Å². The molecule has 0 spiro atoms. The van der Waals surface area contributed by atoms with Gasteiger partial charge in [-0.2, -0.15) is 0 Å². The quantitative estimate of drug-likeness (QED) is 0.698. The molecule has 1 atom stereocenters. The summed E-state index contributed by atoms with van der Waals surface area (Å²) in [5.41, 5.74) is 0. The molecule has 13 heavy (non-hydrogen) atoms. The molecule has 1 aliphatic heterocycles. The van der Waals surface area contributed by atoms with Crippen LogP contribution in [0, 0.1) is 5.92 Å². The first-order chi connectivity index (χ1) is 6.36. The molecule has 3 heteroatoms. The zero-order valence-electron chi connectivity index (χ0n) is 7.92. The van der Waals surface area contributed by atoms with Gasteiger partial charge < -0.3 is 10.1 Å². The van der Waals surface area contributed by atoms with Crippen molar-refractivity contribution in [1.82, 2.24) is 5.32 Å². The molecule has 0 aromatic carbocycles. The first-order valence-electron chi connectivity index (χ1n) is 5.20. The zero-order chi connectivity index (χ0) is 9.10. The van der Waals surface area contributed by atoms with Crippen LogP contribution in [0.1, 0.15) is 25.7 Å². The van der Waals surface area contributed by atoms with E-state index >= 15 is 0 Å². The maximum atomic E-state index is 11.6. The number of carbonyl (C=O) groups is 1. The smallest absolute Gasteiger partial charge is 0.151 e. The van der Waals surface area contributed by atoms with E-state index in [-0.39, 0.29) is 5.92 Å². The minimum Gasteiger partial charge on any atom is -0.381 e. The second kappa shape index (κ2) is 4.20. The van der Waals surface area contributed by atoms with Crippen LogP contribution in [0.2, 0.25) is 0 Å². The maximum absolute atomic E-state index is 11.6. The van der Waals surface area contributed by atoms with Gasteiger partial charge in [0.25, 0.3) is 0 Å². The molecule has 3 nitrogen and oxygen atoms in total. The van der Waals surface area contributed by atoms with E-state index < -0.39 is 0 Å². The maximum Gasteiger partial charge on any atom is 0.151 e. The van der Waals surface area contributed by atoms with Crippen molar-refractivity contribution in [3.63, 3.8) is 0 Å². The number of rotatable bonds is 4. The van der Waals surface area contributed by atoms with Crippen molar-refractivity contribution in [2.45, 2.75) is 31.7 Å². The monoisotopic (exact) mass is 183 g/mol. The highest BCUT2D eigenvalue weighted by Gasteiger charge is 2.25. The van der Waals surface area contributed by atoms with Crippen LogP contribution in [0.3, 0.4) is 0 Å². The summed E-state index contributed by atoms with van der Waals surface area (Å²) < 4.78 is 5.28. The predicted molar refractivity (Wildman–Crippen MR) is 49.6 cm³/mol. The molecule has 1 saturated heterocycles. The summed E-state index contributed by atoms with van der Waals surface area (Å²) in [4.78, 5) is 11.6. The number of carbonyl (C=O) groups excluding carboxylic acids is 1. The fourth-order valence-corrected chi connectivity index (χ4v) is 1.67. The molecule has 0 aromatic heterocycles. The second-order valence-electron chi connectivity index (χ2n) is 4.04. The minimum absolute atomic E-state index is 0.167. The van der Waals surface area contributed by atoms with Crippen molar-refractivity contribution in [3.8, 4) is 0 Å². The molecule has 0 bridgehead atoms. The lowest BCUT2D eigenvalue weighted by molar-refractivity contribution is -0.125. The molecule has 1 N–H and O–H groups in total. The van der Waals surface area contributed by atoms with E-state index in [0.717, 1.165) is 19.4 Å². The molecule has 1 unspecified atom stereocenters. The van der Waals surface area contributed by atoms with Gasteiger partial charge in [-0.1, -0.05) is 0 Å². The number of hydrogen-bond donors (Lipinski definition) is 1. The Balaban J connectivity index is 1.67. The lowest BCUT2D eigenvalue weighted by Gasteiger charge is -2.20. The molecule has 2 fully saturated rings. The number of hydrogen-bond acceptors (Lipinski definition) is 3. The molecule has 2 aliphatic rings. The Bertz CT molecular complexity index is 183. The number of ketones is 1. The second-order valence-corrected chi connectivity index (χ2v) is 4.04. The van der Waals surface area contributed by atoms with E-state index in [2.05, 4.69) is 5.32 Å². The van der Waals surface area contributed by atoms with E-state index in [9.17, 15) is 4.79 Å². The van der Waals surface area contributed by atoms with Gasteiger partial charge in [0, 0.05) is 18.6 Å². The molecular weight excluding hydrogens is 166 g/mol. The Labute approximate surface area is 78.8 Å². The standard InChI is InChI=1S/C10H17NO2/c12-10(6-11-9-3-4-9)8-2-1-5-13-7-8/h8-9,11H,1-7H2. The number of Topliss-reactive ketones (excluding diaryl/α,β-unsaturated/α-hetero) is 1. The van der Waals surface area contributed by atoms with Crippen molar-refractivity contribution >= 4 is 5.78 Å². The SMILES string of the molecule is O=C(CNC1CC1)C1CCCOC1. The summed E-state index contributed by atoms with van der Waals surface area (Å²) in [6, 6.07) is 0.633. The molecule has 0 aromatic rings. The minimum atomic E-state index is 0.167. The Morgan fingerprint density at radius 1 is 1.38 bits per heavy atom. The van der Waals surface area contributed by atoms with Gasteiger partial charge in [-0.05, 0) is 25.7 Å². The Morgan fingerprint density at radius 3 is 2.85 bits per heavy atom. The van der Waals surface area contributed by atoms with E-state index in [1.807, 2.05) is 0 Å². The van der Waals surface area contributed by atoms with Crippen LogP contribution in [-0.2, 0) is 9.53 Å². The topological polar surface area (TPSA) is 38.3 Å². The average Bonchev–Trinajstić information content (AvgIpc) is 2.99. The molecule has 1 heterocycles. The lowest BCUT2D eigenvalue weighted by Crippen LogP contribution is -2.33. The average molecular weight is 183 g/mol. The third-order valence-corrected chi connectivity index (χ3v) is 2.76. The molecular formula is C10H17NO2. The summed E-state index contributed by atoms with van der Waals surface area (Å²) in [6.45, 7) is 2.03. The lowest BCUT2D eigenvalue weighted by atomic mass is 9.97. The van der Waals surface area contributed by atoms with Crippen LogP contribution in [0.4, 0.5) is 0 Å². The third-order valence-electron chi connectivity index (χ3n) is 2.76. The number of nitrogens with one attached hydrogen (secondary N) is 1. The fourth-order valence-electron chi connectivity index (χ4n) is 1.67. The van der Waals surface area contributed by atoms with E-state index in [4.69, 9.17) is 4.74 Å². The van der Waals surface area contributed by atoms with Gasteiger partial charge in [0.15, 0.2) is 5.78 Å². The van der Waals surface area contributed by atoms with E-state index in [1.165, 1.54) is 12.8 Å². The van der Waals surface area contributed by atoms with Gasteiger partial charge in [0.05, 0.1) is 13.2 Å². The van der Waals surface area contributed by atoms with Crippen molar-refractivity contribution < 1.29 is 9.53 Å². The van der Waals surface area contributed by atoms with Gasteiger partial charge in [-0.3, -0.25) is 4.79 Å². The number of ether oxygens (including phenoxy) is 1. The molecule has 0 radical (unpaired) electrons. The van der Waals surface area contributed by atoms with Gasteiger partial charge in [-0.15, -0.1) is 0 Å². The Morgan fingerprint density at radius 2 is 2.23 bits per heavy atom. The van der Waals surface area contributed by atoms with Gasteiger partial charge in [-0.25, -0.2) is 0 Å².